The van der Waals surface area contributed by atoms with E-state index < -0.39 is 18.0 Å². The Morgan fingerprint density at radius 2 is 1.95 bits per heavy atom. The molecule has 1 unspecified atom stereocenters. The smallest absolute Gasteiger partial charge is 0.338 e. The minimum Gasteiger partial charge on any atom is -0.478 e. The van der Waals surface area contributed by atoms with Crippen LogP contribution in [-0.4, -0.2) is 28.2 Å². The van der Waals surface area contributed by atoms with Crippen molar-refractivity contribution in [2.45, 2.75) is 19.9 Å². The number of thiazole rings is 1. The van der Waals surface area contributed by atoms with Gasteiger partial charge in [0, 0.05) is 11.6 Å². The Balaban J connectivity index is 1.61. The molecule has 4 aromatic rings. The molecule has 0 spiro atoms. The third kappa shape index (κ3) is 4.62. The number of nitrogens with zero attached hydrogens (tertiary/aromatic N) is 2. The lowest BCUT2D eigenvalue weighted by molar-refractivity contribution is -0.139. The second-order valence-electron chi connectivity index (χ2n) is 8.41. The summed E-state index contributed by atoms with van der Waals surface area (Å²) in [5, 5.41) is 9.48. The van der Waals surface area contributed by atoms with Gasteiger partial charge in [0.15, 0.2) is 4.80 Å². The quantitative estimate of drug-likeness (QED) is 0.357. The number of carbonyl (C=O) groups is 2. The maximum Gasteiger partial charge on any atom is 0.338 e. The van der Waals surface area contributed by atoms with E-state index in [-0.39, 0.29) is 22.8 Å². The van der Waals surface area contributed by atoms with Gasteiger partial charge in [-0.15, -0.1) is 0 Å². The van der Waals surface area contributed by atoms with Gasteiger partial charge in [-0.3, -0.25) is 9.36 Å². The molecule has 1 atom stereocenters. The number of allylic oxidation sites excluding steroid dienone is 1. The molecule has 1 aliphatic heterocycles. The summed E-state index contributed by atoms with van der Waals surface area (Å²) in [4.78, 5) is 43.0. The van der Waals surface area contributed by atoms with Crippen LogP contribution in [0.5, 0.6) is 0 Å². The van der Waals surface area contributed by atoms with Gasteiger partial charge in [-0.25, -0.2) is 14.6 Å². The largest absolute Gasteiger partial charge is 0.478 e. The van der Waals surface area contributed by atoms with Crippen LogP contribution in [0.25, 0.3) is 17.4 Å². The lowest BCUT2D eigenvalue weighted by atomic mass is 9.96. The molecule has 3 heterocycles. The molecule has 1 aliphatic rings. The molecule has 2 aromatic heterocycles. The minimum atomic E-state index is -1.14. The molecule has 5 rings (SSSR count). The van der Waals surface area contributed by atoms with Gasteiger partial charge in [0.1, 0.15) is 11.5 Å². The summed E-state index contributed by atoms with van der Waals surface area (Å²) in [6, 6.07) is 16.5. The van der Waals surface area contributed by atoms with Crippen molar-refractivity contribution in [2.24, 2.45) is 4.99 Å². The standard InChI is InChI=1S/C28H21ClN2O6S/c1-3-36-27(35)23-15(2)30-28-31(24(23)16-7-5-4-6-8-16)25(32)22(38-28)14-18-10-12-21(37-18)17-9-11-20(29)19(13-17)26(33)34/h4-14,24H,3H2,1-2H3,(H,33,34)/b22-14-. The normalized spacial score (nSPS) is 15.2. The highest BCUT2D eigenvalue weighted by molar-refractivity contribution is 7.07. The number of carbonyl (C=O) groups excluding carboxylic acids is 1. The first-order valence-corrected chi connectivity index (χ1v) is 12.9. The maximum atomic E-state index is 13.7. The zero-order chi connectivity index (χ0) is 27.0. The number of aromatic nitrogens is 1. The number of ether oxygens (including phenoxy) is 1. The number of rotatable bonds is 6. The highest BCUT2D eigenvalue weighted by Gasteiger charge is 2.33. The number of benzene rings is 2. The van der Waals surface area contributed by atoms with Gasteiger partial charge < -0.3 is 14.3 Å². The number of hydrogen-bond acceptors (Lipinski definition) is 7. The van der Waals surface area contributed by atoms with Gasteiger partial charge >= 0.3 is 11.9 Å². The van der Waals surface area contributed by atoms with E-state index in [0.717, 1.165) is 5.56 Å². The molecule has 2 aromatic carbocycles. The van der Waals surface area contributed by atoms with E-state index in [1.165, 1.54) is 28.0 Å². The fourth-order valence-electron chi connectivity index (χ4n) is 4.30. The summed E-state index contributed by atoms with van der Waals surface area (Å²) in [5.74, 6) is -0.841. The molecular formula is C28H21ClN2O6S. The summed E-state index contributed by atoms with van der Waals surface area (Å²) in [7, 11) is 0. The van der Waals surface area contributed by atoms with Gasteiger partial charge in [-0.1, -0.05) is 53.3 Å². The van der Waals surface area contributed by atoms with E-state index in [0.29, 0.717) is 37.7 Å². The summed E-state index contributed by atoms with van der Waals surface area (Å²) >= 11 is 7.16. The van der Waals surface area contributed by atoms with Crippen LogP contribution in [-0.2, 0) is 9.53 Å². The molecule has 0 aliphatic carbocycles. The molecular weight excluding hydrogens is 528 g/mol. The molecule has 38 heavy (non-hydrogen) atoms. The Morgan fingerprint density at radius 1 is 1.18 bits per heavy atom. The number of furan rings is 1. The number of aromatic carboxylic acids is 1. The van der Waals surface area contributed by atoms with Crippen molar-refractivity contribution in [1.29, 1.82) is 0 Å². The van der Waals surface area contributed by atoms with Crippen molar-refractivity contribution in [1.82, 2.24) is 4.57 Å². The van der Waals surface area contributed by atoms with Crippen LogP contribution in [0, 0.1) is 0 Å². The van der Waals surface area contributed by atoms with E-state index >= 15 is 0 Å². The minimum absolute atomic E-state index is 0.0379. The van der Waals surface area contributed by atoms with Crippen LogP contribution in [0.2, 0.25) is 5.02 Å². The van der Waals surface area contributed by atoms with Gasteiger partial charge in [0.2, 0.25) is 0 Å². The van der Waals surface area contributed by atoms with Crippen molar-refractivity contribution in [3.05, 3.63) is 114 Å². The highest BCUT2D eigenvalue weighted by atomic mass is 35.5. The van der Waals surface area contributed by atoms with Crippen LogP contribution in [0.3, 0.4) is 0 Å². The molecule has 0 saturated heterocycles. The Morgan fingerprint density at radius 3 is 2.66 bits per heavy atom. The number of fused-ring (bicyclic) bond motifs is 1. The Bertz CT molecular complexity index is 1780. The highest BCUT2D eigenvalue weighted by Crippen LogP contribution is 2.31. The van der Waals surface area contributed by atoms with E-state index in [1.54, 1.807) is 38.1 Å². The third-order valence-corrected chi connectivity index (χ3v) is 7.33. The molecule has 10 heteroatoms. The summed E-state index contributed by atoms with van der Waals surface area (Å²) in [6.07, 6.45) is 1.60. The maximum absolute atomic E-state index is 13.7. The predicted octanol–water partition coefficient (Wildman–Crippen LogP) is 4.41. The van der Waals surface area contributed by atoms with Crippen molar-refractivity contribution in [3.63, 3.8) is 0 Å². The third-order valence-electron chi connectivity index (χ3n) is 6.01. The van der Waals surface area contributed by atoms with Crippen molar-refractivity contribution in [2.75, 3.05) is 6.61 Å². The lowest BCUT2D eigenvalue weighted by Crippen LogP contribution is -2.39. The fraction of sp³-hybridized carbons (Fsp3) is 0.143. The average molecular weight is 549 g/mol. The first kappa shape index (κ1) is 25.4. The summed E-state index contributed by atoms with van der Waals surface area (Å²) in [6.45, 7) is 3.66. The zero-order valence-corrected chi connectivity index (χ0v) is 21.9. The van der Waals surface area contributed by atoms with Gasteiger partial charge in [-0.05, 0) is 49.7 Å². The van der Waals surface area contributed by atoms with Crippen LogP contribution in [0.15, 0.2) is 86.1 Å². The molecule has 0 amide bonds. The van der Waals surface area contributed by atoms with Crippen LogP contribution in [0.4, 0.5) is 0 Å². The van der Waals surface area contributed by atoms with E-state index in [4.69, 9.17) is 20.8 Å². The fourth-order valence-corrected chi connectivity index (χ4v) is 5.52. The molecule has 0 saturated carbocycles. The number of esters is 1. The lowest BCUT2D eigenvalue weighted by Gasteiger charge is -2.24. The Labute approximate surface area is 225 Å². The second kappa shape index (κ2) is 10.3. The van der Waals surface area contributed by atoms with E-state index in [2.05, 4.69) is 4.99 Å². The molecule has 192 valence electrons. The van der Waals surface area contributed by atoms with Crippen LogP contribution in [0.1, 0.15) is 41.6 Å². The average Bonchev–Trinajstić information content (AvgIpc) is 3.48. The van der Waals surface area contributed by atoms with Gasteiger partial charge in [0.25, 0.3) is 5.56 Å². The summed E-state index contributed by atoms with van der Waals surface area (Å²) in [5.41, 5.74) is 1.73. The van der Waals surface area contributed by atoms with E-state index in [1.807, 2.05) is 30.3 Å². The first-order valence-electron chi connectivity index (χ1n) is 11.7. The molecule has 0 fully saturated rings. The van der Waals surface area contributed by atoms with Gasteiger partial charge in [0.05, 0.1) is 39.0 Å². The first-order chi connectivity index (χ1) is 18.3. The SMILES string of the molecule is CCOC(=O)C1=C(C)N=c2s/c(=C\c3ccc(-c4ccc(Cl)c(C(=O)O)c4)o3)c(=O)n2C1c1ccccc1. The van der Waals surface area contributed by atoms with Gasteiger partial charge in [-0.2, -0.15) is 0 Å². The van der Waals surface area contributed by atoms with Crippen molar-refractivity contribution in [3.8, 4) is 11.3 Å². The number of hydrogen-bond donors (Lipinski definition) is 1. The van der Waals surface area contributed by atoms with Crippen molar-refractivity contribution >= 4 is 41.0 Å². The monoisotopic (exact) mass is 548 g/mol. The predicted molar refractivity (Wildman–Crippen MR) is 143 cm³/mol. The number of carboxylic acids is 1. The van der Waals surface area contributed by atoms with Crippen LogP contribution >= 0.6 is 22.9 Å². The zero-order valence-electron chi connectivity index (χ0n) is 20.3. The Kier molecular flexibility index (Phi) is 6.88. The topological polar surface area (TPSA) is 111 Å². The Hall–Kier alpha value is -4.21. The second-order valence-corrected chi connectivity index (χ2v) is 9.83. The summed E-state index contributed by atoms with van der Waals surface area (Å²) < 4.78 is 13.1. The molecule has 8 nitrogen and oxygen atoms in total. The number of carboxylic acid groups (broad SMARTS) is 1. The van der Waals surface area contributed by atoms with Crippen molar-refractivity contribution < 1.29 is 23.8 Å². The molecule has 0 radical (unpaired) electrons. The number of halogens is 1. The molecule has 0 bridgehead atoms. The van der Waals surface area contributed by atoms with E-state index in [9.17, 15) is 19.5 Å². The molecule has 1 N–H and O–H groups in total. The van der Waals surface area contributed by atoms with Crippen LogP contribution < -0.4 is 14.9 Å².